The maximum Gasteiger partial charge on any atom is 0.322 e. The van der Waals surface area contributed by atoms with Crippen molar-refractivity contribution >= 4 is 23.7 Å². The highest BCUT2D eigenvalue weighted by Crippen LogP contribution is 1.89. The molecule has 120 valence electrons. The fraction of sp³-hybridized carbons (Fsp3) is 0.600. The molecule has 0 fully saturated rings. The van der Waals surface area contributed by atoms with Crippen molar-refractivity contribution in [3.8, 4) is 0 Å². The predicted octanol–water partition coefficient (Wildman–Crippen LogP) is -4.90. The van der Waals surface area contributed by atoms with E-state index in [1.807, 2.05) is 5.32 Å². The zero-order valence-corrected chi connectivity index (χ0v) is 11.0. The van der Waals surface area contributed by atoms with Gasteiger partial charge in [-0.05, 0) is 0 Å². The largest absolute Gasteiger partial charge is 0.480 e. The number of aliphatic carboxylic acids is 1. The average Bonchev–Trinajstić information content (AvgIpc) is 2.46. The van der Waals surface area contributed by atoms with Crippen molar-refractivity contribution in [3.63, 3.8) is 0 Å². The van der Waals surface area contributed by atoms with Gasteiger partial charge in [-0.3, -0.25) is 19.2 Å². The summed E-state index contributed by atoms with van der Waals surface area (Å²) in [5, 5.41) is 32.5. The maximum absolute atomic E-state index is 11.7. The molecular weight excluding hydrogens is 288 g/mol. The van der Waals surface area contributed by atoms with Crippen molar-refractivity contribution in [1.82, 2.24) is 16.0 Å². The van der Waals surface area contributed by atoms with Gasteiger partial charge in [0.1, 0.15) is 18.6 Å². The van der Waals surface area contributed by atoms with Gasteiger partial charge in [0.2, 0.25) is 17.7 Å². The van der Waals surface area contributed by atoms with E-state index >= 15 is 0 Å². The van der Waals surface area contributed by atoms with E-state index in [1.165, 1.54) is 0 Å². The molecule has 3 amide bonds. The molecule has 0 aliphatic carbocycles. The van der Waals surface area contributed by atoms with E-state index < -0.39 is 62.1 Å². The van der Waals surface area contributed by atoms with E-state index in [1.54, 1.807) is 0 Å². The first kappa shape index (κ1) is 18.8. The number of hydrogen-bond acceptors (Lipinski definition) is 7. The number of carboxylic acid groups (broad SMARTS) is 1. The molecule has 8 N–H and O–H groups in total. The van der Waals surface area contributed by atoms with Crippen LogP contribution in [-0.4, -0.2) is 77.4 Å². The van der Waals surface area contributed by atoms with Crippen LogP contribution in [0.25, 0.3) is 0 Å². The Kier molecular flexibility index (Phi) is 8.60. The topological polar surface area (TPSA) is 191 Å². The van der Waals surface area contributed by atoms with Crippen molar-refractivity contribution in [2.45, 2.75) is 12.1 Å². The number of aliphatic hydroxyl groups excluding tert-OH is 2. The Morgan fingerprint density at radius 2 is 1.48 bits per heavy atom. The van der Waals surface area contributed by atoms with Crippen LogP contribution in [0.5, 0.6) is 0 Å². The first-order valence-electron chi connectivity index (χ1n) is 5.86. The molecule has 0 aromatic carbocycles. The normalized spacial score (nSPS) is 12.9. The van der Waals surface area contributed by atoms with Crippen molar-refractivity contribution in [2.75, 3.05) is 26.3 Å². The Labute approximate surface area is 119 Å². The van der Waals surface area contributed by atoms with Gasteiger partial charge >= 0.3 is 5.97 Å². The molecule has 0 spiro atoms. The maximum atomic E-state index is 11.7. The molecule has 0 rings (SSSR count). The number of carbonyl (C=O) groups is 4. The summed E-state index contributed by atoms with van der Waals surface area (Å²) < 4.78 is 0. The number of carboxylic acids is 1. The van der Waals surface area contributed by atoms with Gasteiger partial charge in [0.15, 0.2) is 0 Å². The Morgan fingerprint density at radius 3 is 1.90 bits per heavy atom. The third-order valence-electron chi connectivity index (χ3n) is 2.25. The molecule has 0 aromatic heterocycles. The standard InChI is InChI=1S/C10H18N4O7/c11-1-7(17)13-6(4-16)10(21)14-5(3-15)9(20)12-2-8(18)19/h5-6,15-16H,1-4,11H2,(H,12,20)(H,13,17)(H,14,21)(H,18,19). The fourth-order valence-electron chi connectivity index (χ4n) is 1.20. The highest BCUT2D eigenvalue weighted by atomic mass is 16.4. The van der Waals surface area contributed by atoms with Crippen LogP contribution in [0.3, 0.4) is 0 Å². The van der Waals surface area contributed by atoms with E-state index in [2.05, 4.69) is 10.6 Å². The molecule has 2 unspecified atom stereocenters. The molecule has 0 bridgehead atoms. The lowest BCUT2D eigenvalue weighted by molar-refractivity contribution is -0.139. The second-order valence-corrected chi connectivity index (χ2v) is 3.86. The van der Waals surface area contributed by atoms with Crippen molar-refractivity contribution < 1.29 is 34.5 Å². The van der Waals surface area contributed by atoms with Crippen LogP contribution in [0.4, 0.5) is 0 Å². The van der Waals surface area contributed by atoms with Crippen LogP contribution in [0.15, 0.2) is 0 Å². The van der Waals surface area contributed by atoms with E-state index in [0.717, 1.165) is 0 Å². The summed E-state index contributed by atoms with van der Waals surface area (Å²) in [6.07, 6.45) is 0. The highest BCUT2D eigenvalue weighted by molar-refractivity contribution is 5.93. The Balaban J connectivity index is 4.56. The molecule has 2 atom stereocenters. The molecule has 0 aromatic rings. The molecule has 0 aliphatic heterocycles. The Hall–Kier alpha value is -2.24. The van der Waals surface area contributed by atoms with E-state index in [4.69, 9.17) is 21.1 Å². The first-order valence-corrected chi connectivity index (χ1v) is 5.86. The van der Waals surface area contributed by atoms with Crippen LogP contribution in [0, 0.1) is 0 Å². The zero-order valence-electron chi connectivity index (χ0n) is 11.0. The molecule has 0 saturated heterocycles. The van der Waals surface area contributed by atoms with Gasteiger partial charge < -0.3 is 37.0 Å². The van der Waals surface area contributed by atoms with Gasteiger partial charge in [-0.15, -0.1) is 0 Å². The van der Waals surface area contributed by atoms with E-state index in [-0.39, 0.29) is 0 Å². The number of nitrogens with two attached hydrogens (primary N) is 1. The lowest BCUT2D eigenvalue weighted by Gasteiger charge is -2.20. The van der Waals surface area contributed by atoms with E-state index in [9.17, 15) is 19.2 Å². The second-order valence-electron chi connectivity index (χ2n) is 3.86. The monoisotopic (exact) mass is 306 g/mol. The summed E-state index contributed by atoms with van der Waals surface area (Å²) in [4.78, 5) is 44.5. The molecule has 21 heavy (non-hydrogen) atoms. The number of rotatable bonds is 9. The average molecular weight is 306 g/mol. The van der Waals surface area contributed by atoms with Gasteiger partial charge in [-0.2, -0.15) is 0 Å². The molecule has 0 aliphatic rings. The van der Waals surface area contributed by atoms with Gasteiger partial charge in [-0.25, -0.2) is 0 Å². The first-order chi connectivity index (χ1) is 9.85. The van der Waals surface area contributed by atoms with Crippen molar-refractivity contribution in [2.24, 2.45) is 5.73 Å². The summed E-state index contributed by atoms with van der Waals surface area (Å²) in [5.74, 6) is -3.84. The Bertz CT molecular complexity index is 401. The summed E-state index contributed by atoms with van der Waals surface area (Å²) in [5.41, 5.74) is 5.03. The summed E-state index contributed by atoms with van der Waals surface area (Å²) in [7, 11) is 0. The molecule has 0 heterocycles. The third-order valence-corrected chi connectivity index (χ3v) is 2.25. The SMILES string of the molecule is NCC(=O)NC(CO)C(=O)NC(CO)C(=O)NCC(=O)O. The minimum absolute atomic E-state index is 0.397. The number of amides is 3. The van der Waals surface area contributed by atoms with Crippen LogP contribution in [0.1, 0.15) is 0 Å². The summed E-state index contributed by atoms with van der Waals surface area (Å²) in [6.45, 7) is -2.61. The van der Waals surface area contributed by atoms with Crippen LogP contribution >= 0.6 is 0 Å². The third kappa shape index (κ3) is 7.20. The predicted molar refractivity (Wildman–Crippen MR) is 67.7 cm³/mol. The van der Waals surface area contributed by atoms with Gasteiger partial charge in [0.25, 0.3) is 0 Å². The highest BCUT2D eigenvalue weighted by Gasteiger charge is 2.25. The van der Waals surface area contributed by atoms with Gasteiger partial charge in [-0.1, -0.05) is 0 Å². The van der Waals surface area contributed by atoms with Gasteiger partial charge in [0, 0.05) is 0 Å². The fourth-order valence-corrected chi connectivity index (χ4v) is 1.20. The number of nitrogens with one attached hydrogen (secondary N) is 3. The molecule has 11 nitrogen and oxygen atoms in total. The van der Waals surface area contributed by atoms with Crippen molar-refractivity contribution in [1.29, 1.82) is 0 Å². The minimum Gasteiger partial charge on any atom is -0.480 e. The quantitative estimate of drug-likeness (QED) is 0.220. The lowest BCUT2D eigenvalue weighted by atomic mass is 10.2. The lowest BCUT2D eigenvalue weighted by Crippen LogP contribution is -2.56. The molecule has 11 heteroatoms. The number of aliphatic hydroxyl groups is 2. The number of carbonyl (C=O) groups excluding carboxylic acids is 3. The molecular formula is C10H18N4O7. The van der Waals surface area contributed by atoms with Crippen LogP contribution < -0.4 is 21.7 Å². The summed E-state index contributed by atoms with van der Waals surface area (Å²) in [6, 6.07) is -2.76. The zero-order chi connectivity index (χ0) is 16.4. The van der Waals surface area contributed by atoms with E-state index in [0.29, 0.717) is 0 Å². The molecule has 0 saturated carbocycles. The summed E-state index contributed by atoms with van der Waals surface area (Å²) >= 11 is 0. The van der Waals surface area contributed by atoms with Gasteiger partial charge in [0.05, 0.1) is 19.8 Å². The minimum atomic E-state index is -1.42. The van der Waals surface area contributed by atoms with Crippen LogP contribution in [-0.2, 0) is 19.2 Å². The Morgan fingerprint density at radius 1 is 0.952 bits per heavy atom. The second kappa shape index (κ2) is 9.63. The number of hydrogen-bond donors (Lipinski definition) is 7. The van der Waals surface area contributed by atoms with Crippen LogP contribution in [0.2, 0.25) is 0 Å². The smallest absolute Gasteiger partial charge is 0.322 e. The molecule has 0 radical (unpaired) electrons. The van der Waals surface area contributed by atoms with Crippen molar-refractivity contribution in [3.05, 3.63) is 0 Å².